The number of esters is 2. The fourth-order valence-corrected chi connectivity index (χ4v) is 7.69. The first-order chi connectivity index (χ1) is 27.9. The maximum absolute atomic E-state index is 14.5. The molecule has 3 aromatic rings. The van der Waals surface area contributed by atoms with E-state index in [0.29, 0.717) is 28.1 Å². The number of fused-ring (bicyclic) bond motifs is 1. The highest BCUT2D eigenvalue weighted by molar-refractivity contribution is 6.04. The molecule has 0 spiro atoms. The van der Waals surface area contributed by atoms with Gasteiger partial charge in [0.05, 0.1) is 31.3 Å². The fourth-order valence-electron chi connectivity index (χ4n) is 7.69. The summed E-state index contributed by atoms with van der Waals surface area (Å²) in [6, 6.07) is 14.0. The normalized spacial score (nSPS) is 18.8. The van der Waals surface area contributed by atoms with Gasteiger partial charge in [0.1, 0.15) is 41.3 Å². The summed E-state index contributed by atoms with van der Waals surface area (Å²) < 4.78 is 22.8. The molecule has 0 saturated heterocycles. The average molecular weight is 813 g/mol. The third-order valence-electron chi connectivity index (χ3n) is 10.8. The number of carbonyl (C=O) groups excluding carboxylic acids is 5. The van der Waals surface area contributed by atoms with Gasteiger partial charge in [0.15, 0.2) is 0 Å². The molecule has 318 valence electrons. The first kappa shape index (κ1) is 44.6. The van der Waals surface area contributed by atoms with Crippen LogP contribution in [-0.4, -0.2) is 78.7 Å². The van der Waals surface area contributed by atoms with Crippen molar-refractivity contribution in [1.29, 1.82) is 0 Å². The zero-order valence-corrected chi connectivity index (χ0v) is 35.8. The third-order valence-corrected chi connectivity index (χ3v) is 10.8. The minimum atomic E-state index is -1.10. The molecule has 0 unspecified atom stereocenters. The molecule has 3 N–H and O–H groups in total. The van der Waals surface area contributed by atoms with Crippen LogP contribution in [0.25, 0.3) is 22.2 Å². The maximum Gasteiger partial charge on any atom is 0.329 e. The number of nitrogens with one attached hydrogen (secondary N) is 3. The molecule has 0 bridgehead atoms. The lowest BCUT2D eigenvalue weighted by atomic mass is 9.82. The Balaban J connectivity index is 1.49. The van der Waals surface area contributed by atoms with Crippen molar-refractivity contribution in [1.82, 2.24) is 20.9 Å². The van der Waals surface area contributed by atoms with Gasteiger partial charge in [-0.05, 0) is 69.6 Å². The molecule has 0 radical (unpaired) electrons. The second-order valence-corrected chi connectivity index (χ2v) is 17.5. The second-order valence-electron chi connectivity index (χ2n) is 17.5. The van der Waals surface area contributed by atoms with Gasteiger partial charge in [0, 0.05) is 35.1 Å². The third kappa shape index (κ3) is 11.4. The first-order valence-corrected chi connectivity index (χ1v) is 20.6. The van der Waals surface area contributed by atoms with Crippen molar-refractivity contribution in [2.75, 3.05) is 14.2 Å². The zero-order valence-electron chi connectivity index (χ0n) is 35.8. The Labute approximate surface area is 347 Å². The van der Waals surface area contributed by atoms with Crippen LogP contribution in [-0.2, 0) is 33.4 Å². The molecule has 5 atom stereocenters. The van der Waals surface area contributed by atoms with E-state index in [9.17, 15) is 24.0 Å². The van der Waals surface area contributed by atoms with Crippen LogP contribution >= 0.6 is 0 Å². The standard InChI is InChI=1S/C46H60N4O9/c1-10-34(43(54)59-46(5,6)7)48-40(51)32-23-30(58-37-26-35(27-17-13-11-14-18-27)47-36-25-29(56-8)21-22-31(36)37)24-33(32)41(52)50-39(45(2,3)4)42(53)49-38(44(55)57-9)28-19-15-12-16-20-28/h11,13-14,17-18,21-22,24-26,28,30,32,34,38-39H,10,12,15-16,19-20,23H2,1-9H3,(H,48,51)(H,49,53)(H,50,52)/t30-,32-,34-,38-,39+/m0/s1. The molecule has 13 nitrogen and oxygen atoms in total. The Morgan fingerprint density at radius 3 is 2.15 bits per heavy atom. The van der Waals surface area contributed by atoms with Gasteiger partial charge in [-0.2, -0.15) is 0 Å². The summed E-state index contributed by atoms with van der Waals surface area (Å²) in [5, 5.41) is 9.32. The number of amides is 3. The Morgan fingerprint density at radius 2 is 1.54 bits per heavy atom. The topological polar surface area (TPSA) is 171 Å². The van der Waals surface area contributed by atoms with Gasteiger partial charge in [-0.3, -0.25) is 14.4 Å². The Bertz CT molecular complexity index is 2030. The number of carbonyl (C=O) groups is 5. The van der Waals surface area contributed by atoms with Crippen molar-refractivity contribution in [3.63, 3.8) is 0 Å². The molecule has 2 aromatic carbocycles. The molecular formula is C46H60N4O9. The predicted molar refractivity (Wildman–Crippen MR) is 224 cm³/mol. The van der Waals surface area contributed by atoms with Gasteiger partial charge >= 0.3 is 11.9 Å². The van der Waals surface area contributed by atoms with E-state index in [1.54, 1.807) is 46.9 Å². The summed E-state index contributed by atoms with van der Waals surface area (Å²) in [6.45, 7) is 12.4. The quantitative estimate of drug-likeness (QED) is 0.151. The lowest BCUT2D eigenvalue weighted by molar-refractivity contribution is -0.159. The van der Waals surface area contributed by atoms with E-state index in [2.05, 4.69) is 16.0 Å². The summed E-state index contributed by atoms with van der Waals surface area (Å²) in [7, 11) is 2.87. The van der Waals surface area contributed by atoms with Gasteiger partial charge in [-0.1, -0.05) is 77.3 Å². The van der Waals surface area contributed by atoms with Crippen LogP contribution in [0.2, 0.25) is 0 Å². The van der Waals surface area contributed by atoms with Crippen LogP contribution < -0.4 is 25.4 Å². The maximum atomic E-state index is 14.5. The number of aromatic nitrogens is 1. The lowest BCUT2D eigenvalue weighted by Crippen LogP contribution is -2.58. The molecule has 59 heavy (non-hydrogen) atoms. The van der Waals surface area contributed by atoms with E-state index in [0.717, 1.165) is 37.7 Å². The van der Waals surface area contributed by atoms with Crippen LogP contribution in [0.4, 0.5) is 0 Å². The molecule has 2 aliphatic carbocycles. The molecule has 1 saturated carbocycles. The van der Waals surface area contributed by atoms with Gasteiger partial charge in [0.2, 0.25) is 17.7 Å². The summed E-state index contributed by atoms with van der Waals surface area (Å²) >= 11 is 0. The number of methoxy groups -OCH3 is 2. The monoisotopic (exact) mass is 812 g/mol. The highest BCUT2D eigenvalue weighted by Crippen LogP contribution is 2.37. The SMILES string of the molecule is CC[C@H](NC(=O)[C@H]1C[C@H](Oc2cc(-c3ccccc3)nc3cc(OC)ccc23)C=C1C(=O)N[C@H](C(=O)N[C@H](C(=O)OC)C1CCCCC1)C(C)(C)C)C(=O)OC(C)(C)C. The summed E-state index contributed by atoms with van der Waals surface area (Å²) in [5.41, 5.74) is 0.614. The number of pyridine rings is 1. The number of ether oxygens (including phenoxy) is 4. The number of rotatable bonds is 14. The molecule has 2 aliphatic rings. The van der Waals surface area contributed by atoms with Crippen LogP contribution in [0.5, 0.6) is 11.5 Å². The molecule has 5 rings (SSSR count). The highest BCUT2D eigenvalue weighted by Gasteiger charge is 2.43. The van der Waals surface area contributed by atoms with Gasteiger partial charge in [-0.25, -0.2) is 14.6 Å². The molecule has 1 fully saturated rings. The number of hydrogen-bond acceptors (Lipinski definition) is 10. The van der Waals surface area contributed by atoms with E-state index in [4.69, 9.17) is 23.9 Å². The van der Waals surface area contributed by atoms with E-state index in [1.807, 2.05) is 69.3 Å². The van der Waals surface area contributed by atoms with Gasteiger partial charge < -0.3 is 34.9 Å². The summed E-state index contributed by atoms with van der Waals surface area (Å²) in [6.07, 6.45) is 5.62. The van der Waals surface area contributed by atoms with E-state index in [-0.39, 0.29) is 24.3 Å². The van der Waals surface area contributed by atoms with Crippen molar-refractivity contribution < 1.29 is 42.9 Å². The number of hydrogen-bond donors (Lipinski definition) is 3. The first-order valence-electron chi connectivity index (χ1n) is 20.6. The lowest BCUT2D eigenvalue weighted by Gasteiger charge is -2.34. The molecule has 1 heterocycles. The molecule has 1 aromatic heterocycles. The van der Waals surface area contributed by atoms with Crippen molar-refractivity contribution in [3.05, 3.63) is 66.2 Å². The molecule has 3 amide bonds. The smallest absolute Gasteiger partial charge is 0.329 e. The predicted octanol–water partition coefficient (Wildman–Crippen LogP) is 6.61. The van der Waals surface area contributed by atoms with E-state index < -0.39 is 70.8 Å². The van der Waals surface area contributed by atoms with Crippen LogP contribution in [0.1, 0.15) is 93.4 Å². The highest BCUT2D eigenvalue weighted by atomic mass is 16.6. The molecule has 0 aliphatic heterocycles. The van der Waals surface area contributed by atoms with E-state index >= 15 is 0 Å². The van der Waals surface area contributed by atoms with Crippen LogP contribution in [0.3, 0.4) is 0 Å². The minimum Gasteiger partial charge on any atom is -0.497 e. The average Bonchev–Trinajstić information content (AvgIpc) is 3.63. The second kappa shape index (κ2) is 19.1. The van der Waals surface area contributed by atoms with Gasteiger partial charge in [-0.15, -0.1) is 0 Å². The van der Waals surface area contributed by atoms with E-state index in [1.165, 1.54) is 7.11 Å². The largest absolute Gasteiger partial charge is 0.497 e. The van der Waals surface area contributed by atoms with Crippen LogP contribution in [0.15, 0.2) is 66.2 Å². The summed E-state index contributed by atoms with van der Waals surface area (Å²) in [5.74, 6) is -2.96. The zero-order chi connectivity index (χ0) is 43.1. The van der Waals surface area contributed by atoms with Gasteiger partial charge in [0.25, 0.3) is 0 Å². The van der Waals surface area contributed by atoms with Crippen molar-refractivity contribution in [2.24, 2.45) is 17.3 Å². The number of benzene rings is 2. The Morgan fingerprint density at radius 1 is 0.847 bits per heavy atom. The van der Waals surface area contributed by atoms with Crippen molar-refractivity contribution in [2.45, 2.75) is 123 Å². The van der Waals surface area contributed by atoms with Crippen molar-refractivity contribution >= 4 is 40.6 Å². The number of nitrogens with zero attached hydrogens (tertiary/aromatic N) is 1. The van der Waals surface area contributed by atoms with Crippen LogP contribution in [0, 0.1) is 17.3 Å². The van der Waals surface area contributed by atoms with Crippen molar-refractivity contribution in [3.8, 4) is 22.8 Å². The fraction of sp³-hybridized carbons (Fsp3) is 0.522. The Hall–Kier alpha value is -5.46. The Kier molecular flexibility index (Phi) is 14.4. The summed E-state index contributed by atoms with van der Waals surface area (Å²) in [4.78, 5) is 73.8. The minimum absolute atomic E-state index is 0.0540. The molecule has 13 heteroatoms. The molecular weight excluding hydrogens is 753 g/mol.